The maximum atomic E-state index is 10.3. The third-order valence-corrected chi connectivity index (χ3v) is 3.22. The Labute approximate surface area is 166 Å². The number of hydrogen-bond donors (Lipinski definition) is 1. The standard InChI is InChI=1S/C20H32O2.Na.H/c1-2-3-4-5-6-7-8-9-10-11-12-13-14-15-16-17-18-19-20(21)22;;/h6-7,9-10,12-13,15-16H,2-5,8,11,14,17-19H2,1H3,(H,21,22);;/q;+1;-1/b7-6-,10-9-,13-12-,16-15-;;. The van der Waals surface area contributed by atoms with Gasteiger partial charge in [0.25, 0.3) is 0 Å². The quantitative estimate of drug-likeness (QED) is 0.302. The second-order valence-corrected chi connectivity index (χ2v) is 5.37. The first kappa shape index (κ1) is 24.7. The van der Waals surface area contributed by atoms with Crippen LogP contribution in [-0.2, 0) is 4.79 Å². The van der Waals surface area contributed by atoms with E-state index in [9.17, 15) is 4.79 Å². The van der Waals surface area contributed by atoms with Crippen LogP contribution in [0.15, 0.2) is 48.6 Å². The molecule has 3 heteroatoms. The van der Waals surface area contributed by atoms with Gasteiger partial charge in [-0.05, 0) is 44.9 Å². The van der Waals surface area contributed by atoms with Crippen LogP contribution in [0, 0.1) is 0 Å². The van der Waals surface area contributed by atoms with Crippen LogP contribution in [0.3, 0.4) is 0 Å². The molecule has 0 aliphatic carbocycles. The van der Waals surface area contributed by atoms with Crippen molar-refractivity contribution in [2.45, 2.75) is 71.1 Å². The van der Waals surface area contributed by atoms with Gasteiger partial charge >= 0.3 is 35.5 Å². The molecule has 1 N–H and O–H groups in total. The Balaban J connectivity index is -0.00000220. The van der Waals surface area contributed by atoms with E-state index in [4.69, 9.17) is 5.11 Å². The minimum Gasteiger partial charge on any atom is -1.00 e. The molecule has 23 heavy (non-hydrogen) atoms. The Hall–Kier alpha value is -0.570. The van der Waals surface area contributed by atoms with Crippen LogP contribution >= 0.6 is 0 Å². The van der Waals surface area contributed by atoms with E-state index in [0.29, 0.717) is 0 Å². The summed E-state index contributed by atoms with van der Waals surface area (Å²) in [5.41, 5.74) is 0. The van der Waals surface area contributed by atoms with Gasteiger partial charge < -0.3 is 6.53 Å². The van der Waals surface area contributed by atoms with Crippen LogP contribution in [0.4, 0.5) is 0 Å². The average Bonchev–Trinajstić information content (AvgIpc) is 2.50. The van der Waals surface area contributed by atoms with Crippen molar-refractivity contribution in [1.29, 1.82) is 0 Å². The first-order valence-electron chi connectivity index (χ1n) is 8.59. The van der Waals surface area contributed by atoms with Gasteiger partial charge in [-0.15, -0.1) is 0 Å². The number of rotatable bonds is 14. The zero-order valence-electron chi connectivity index (χ0n) is 16.0. The smallest absolute Gasteiger partial charge is 1.00 e. The molecule has 0 saturated carbocycles. The van der Waals surface area contributed by atoms with Crippen molar-refractivity contribution in [2.24, 2.45) is 0 Å². The fourth-order valence-corrected chi connectivity index (χ4v) is 1.93. The monoisotopic (exact) mass is 328 g/mol. The Morgan fingerprint density at radius 1 is 0.783 bits per heavy atom. The van der Waals surface area contributed by atoms with E-state index in [1.807, 2.05) is 0 Å². The molecule has 126 valence electrons. The molecule has 0 amide bonds. The molecule has 0 rings (SSSR count). The molecule has 0 atom stereocenters. The topological polar surface area (TPSA) is 37.3 Å². The van der Waals surface area contributed by atoms with E-state index in [2.05, 4.69) is 55.5 Å². The number of carboxylic acids is 1. The van der Waals surface area contributed by atoms with Gasteiger partial charge in [0.2, 0.25) is 0 Å². The van der Waals surface area contributed by atoms with Crippen molar-refractivity contribution in [3.05, 3.63) is 48.6 Å². The molecule has 0 radical (unpaired) electrons. The number of aliphatic carboxylic acids is 1. The summed E-state index contributed by atoms with van der Waals surface area (Å²) in [7, 11) is 0. The summed E-state index contributed by atoms with van der Waals surface area (Å²) in [6.45, 7) is 2.23. The Morgan fingerprint density at radius 3 is 1.65 bits per heavy atom. The molecule has 0 aromatic rings. The van der Waals surface area contributed by atoms with E-state index >= 15 is 0 Å². The van der Waals surface area contributed by atoms with Gasteiger partial charge in [-0.1, -0.05) is 68.4 Å². The fourth-order valence-electron chi connectivity index (χ4n) is 1.93. The summed E-state index contributed by atoms with van der Waals surface area (Å²) >= 11 is 0. The zero-order chi connectivity index (χ0) is 16.3. The van der Waals surface area contributed by atoms with Crippen molar-refractivity contribution in [2.75, 3.05) is 0 Å². The summed E-state index contributed by atoms with van der Waals surface area (Å²) in [5, 5.41) is 8.49. The van der Waals surface area contributed by atoms with Crippen molar-refractivity contribution < 1.29 is 40.9 Å². The molecule has 0 unspecified atom stereocenters. The Bertz CT molecular complexity index is 374. The third kappa shape index (κ3) is 23.8. The van der Waals surface area contributed by atoms with Crippen molar-refractivity contribution in [3.63, 3.8) is 0 Å². The Kier molecular flexibility index (Phi) is 23.0. The fraction of sp³-hybridized carbons (Fsp3) is 0.550. The van der Waals surface area contributed by atoms with Gasteiger partial charge in [0.05, 0.1) is 0 Å². The average molecular weight is 328 g/mol. The van der Waals surface area contributed by atoms with E-state index in [1.54, 1.807) is 0 Å². The number of carbonyl (C=O) groups is 1. The molecule has 0 aromatic heterocycles. The molecule has 0 spiro atoms. The minimum atomic E-state index is -0.712. The number of carboxylic acid groups (broad SMARTS) is 1. The number of unbranched alkanes of at least 4 members (excludes halogenated alkanes) is 4. The first-order chi connectivity index (χ1) is 10.8. The summed E-state index contributed by atoms with van der Waals surface area (Å²) in [4.78, 5) is 10.3. The van der Waals surface area contributed by atoms with Crippen LogP contribution in [-0.4, -0.2) is 11.1 Å². The van der Waals surface area contributed by atoms with Crippen molar-refractivity contribution in [1.82, 2.24) is 0 Å². The first-order valence-corrected chi connectivity index (χ1v) is 8.59. The van der Waals surface area contributed by atoms with Gasteiger partial charge in [0.1, 0.15) is 0 Å². The van der Waals surface area contributed by atoms with Gasteiger partial charge in [-0.25, -0.2) is 0 Å². The van der Waals surface area contributed by atoms with Crippen LogP contribution in [0.2, 0.25) is 0 Å². The SMILES string of the molecule is CCCCC/C=C\C/C=C\C/C=C\C/C=C\CCCC(=O)O.[H-].[Na+]. The van der Waals surface area contributed by atoms with Gasteiger partial charge in [0.15, 0.2) is 0 Å². The summed E-state index contributed by atoms with van der Waals surface area (Å²) < 4.78 is 0. The maximum Gasteiger partial charge on any atom is 1.00 e. The molecule has 0 aliphatic rings. The predicted octanol–water partition coefficient (Wildman–Crippen LogP) is 3.33. The second-order valence-electron chi connectivity index (χ2n) is 5.37. The summed E-state index contributed by atoms with van der Waals surface area (Å²) in [5.74, 6) is -0.712. The maximum absolute atomic E-state index is 10.3. The molecule has 0 fully saturated rings. The minimum absolute atomic E-state index is 0. The molecular weight excluding hydrogens is 295 g/mol. The third-order valence-electron chi connectivity index (χ3n) is 3.22. The van der Waals surface area contributed by atoms with E-state index in [1.165, 1.54) is 25.7 Å². The molecule has 0 saturated heterocycles. The molecule has 0 aliphatic heterocycles. The van der Waals surface area contributed by atoms with E-state index in [-0.39, 0.29) is 37.4 Å². The van der Waals surface area contributed by atoms with Gasteiger partial charge in [-0.2, -0.15) is 0 Å². The van der Waals surface area contributed by atoms with Crippen LogP contribution in [0.25, 0.3) is 0 Å². The summed E-state index contributed by atoms with van der Waals surface area (Å²) in [6.07, 6.45) is 27.3. The van der Waals surface area contributed by atoms with E-state index < -0.39 is 5.97 Å². The number of allylic oxidation sites excluding steroid dienone is 8. The van der Waals surface area contributed by atoms with Gasteiger partial charge in [-0.3, -0.25) is 4.79 Å². The number of hydrogen-bond acceptors (Lipinski definition) is 1. The van der Waals surface area contributed by atoms with Crippen LogP contribution in [0.5, 0.6) is 0 Å². The van der Waals surface area contributed by atoms with Crippen molar-refractivity contribution >= 4 is 5.97 Å². The second kappa shape index (κ2) is 21.4. The molecule has 0 heterocycles. The largest absolute Gasteiger partial charge is 1.00 e. The normalized spacial score (nSPS) is 11.9. The van der Waals surface area contributed by atoms with Crippen LogP contribution < -0.4 is 29.6 Å². The van der Waals surface area contributed by atoms with E-state index in [0.717, 1.165) is 32.1 Å². The van der Waals surface area contributed by atoms with Crippen molar-refractivity contribution in [3.8, 4) is 0 Å². The van der Waals surface area contributed by atoms with Crippen LogP contribution in [0.1, 0.15) is 72.6 Å². The molecular formula is C20H33NaO2. The zero-order valence-corrected chi connectivity index (χ0v) is 17.0. The molecule has 2 nitrogen and oxygen atoms in total. The predicted molar refractivity (Wildman–Crippen MR) is 97.2 cm³/mol. The van der Waals surface area contributed by atoms with Gasteiger partial charge in [0, 0.05) is 6.42 Å². The molecule has 0 aromatic carbocycles. The Morgan fingerprint density at radius 2 is 1.22 bits per heavy atom. The summed E-state index contributed by atoms with van der Waals surface area (Å²) in [6, 6.07) is 0. The molecule has 0 bridgehead atoms.